The van der Waals surface area contributed by atoms with Crippen LogP contribution in [0.15, 0.2) is 0 Å². The molecule has 1 aromatic heterocycles. The van der Waals surface area contributed by atoms with Crippen LogP contribution in [0.1, 0.15) is 36.7 Å². The molecule has 0 spiro atoms. The highest BCUT2D eigenvalue weighted by Crippen LogP contribution is 2.16. The molecule has 1 unspecified atom stereocenters. The summed E-state index contributed by atoms with van der Waals surface area (Å²) >= 11 is 0. The van der Waals surface area contributed by atoms with Crippen molar-refractivity contribution in [1.29, 1.82) is 0 Å². The zero-order valence-electron chi connectivity index (χ0n) is 12.8. The second kappa shape index (κ2) is 7.19. The standard InChI is InChI=1S/C13H26N4O2S/c1-5-20(18,19)8-6-7-12(15-14)9-13-10(2)16-17(4)11(13)3/h12,15H,5-9,14H2,1-4H3. The summed E-state index contributed by atoms with van der Waals surface area (Å²) in [5, 5.41) is 4.38. The zero-order chi connectivity index (χ0) is 15.3. The van der Waals surface area contributed by atoms with Gasteiger partial charge in [-0.3, -0.25) is 16.0 Å². The molecule has 20 heavy (non-hydrogen) atoms. The number of nitrogens with two attached hydrogens (primary N) is 1. The molecule has 1 rings (SSSR count). The van der Waals surface area contributed by atoms with Gasteiger partial charge in [0.1, 0.15) is 9.84 Å². The first-order valence-corrected chi connectivity index (χ1v) is 8.78. The maximum Gasteiger partial charge on any atom is 0.150 e. The lowest BCUT2D eigenvalue weighted by atomic mass is 10.0. The molecule has 3 N–H and O–H groups in total. The third-order valence-electron chi connectivity index (χ3n) is 3.79. The summed E-state index contributed by atoms with van der Waals surface area (Å²) in [4.78, 5) is 0. The zero-order valence-corrected chi connectivity index (χ0v) is 13.6. The van der Waals surface area contributed by atoms with Crippen LogP contribution in [0.3, 0.4) is 0 Å². The summed E-state index contributed by atoms with van der Waals surface area (Å²) in [7, 11) is -0.972. The molecule has 0 radical (unpaired) electrons. The van der Waals surface area contributed by atoms with Gasteiger partial charge in [-0.05, 0) is 38.7 Å². The predicted molar refractivity (Wildman–Crippen MR) is 81.1 cm³/mol. The number of hydrazine groups is 1. The van der Waals surface area contributed by atoms with Gasteiger partial charge in [0, 0.05) is 24.5 Å². The smallest absolute Gasteiger partial charge is 0.150 e. The Morgan fingerprint density at radius 1 is 1.40 bits per heavy atom. The van der Waals surface area contributed by atoms with Gasteiger partial charge in [-0.15, -0.1) is 0 Å². The summed E-state index contributed by atoms with van der Waals surface area (Å²) in [5.74, 6) is 6.02. The van der Waals surface area contributed by atoms with Gasteiger partial charge >= 0.3 is 0 Å². The monoisotopic (exact) mass is 302 g/mol. The van der Waals surface area contributed by atoms with Gasteiger partial charge in [0.25, 0.3) is 0 Å². The lowest BCUT2D eigenvalue weighted by Gasteiger charge is -2.16. The van der Waals surface area contributed by atoms with Crippen molar-refractivity contribution in [2.45, 2.75) is 46.1 Å². The first-order valence-electron chi connectivity index (χ1n) is 6.96. The van der Waals surface area contributed by atoms with E-state index in [0.717, 1.165) is 24.2 Å². The van der Waals surface area contributed by atoms with Gasteiger partial charge < -0.3 is 0 Å². The van der Waals surface area contributed by atoms with Crippen molar-refractivity contribution in [2.75, 3.05) is 11.5 Å². The summed E-state index contributed by atoms with van der Waals surface area (Å²) in [5.41, 5.74) is 6.11. The van der Waals surface area contributed by atoms with E-state index in [1.165, 1.54) is 5.56 Å². The minimum atomic E-state index is -2.89. The molecule has 1 atom stereocenters. The van der Waals surface area contributed by atoms with Crippen molar-refractivity contribution in [2.24, 2.45) is 12.9 Å². The highest BCUT2D eigenvalue weighted by Gasteiger charge is 2.16. The summed E-state index contributed by atoms with van der Waals surface area (Å²) < 4.78 is 24.8. The van der Waals surface area contributed by atoms with Gasteiger partial charge in [0.15, 0.2) is 0 Å². The van der Waals surface area contributed by atoms with Crippen LogP contribution in [0, 0.1) is 13.8 Å². The SMILES string of the molecule is CCS(=O)(=O)CCCC(Cc1c(C)nn(C)c1C)NN. The van der Waals surface area contributed by atoms with Crippen molar-refractivity contribution >= 4 is 9.84 Å². The van der Waals surface area contributed by atoms with Crippen LogP contribution in [0.25, 0.3) is 0 Å². The molecule has 0 saturated heterocycles. The van der Waals surface area contributed by atoms with Crippen molar-refractivity contribution in [1.82, 2.24) is 15.2 Å². The van der Waals surface area contributed by atoms with E-state index >= 15 is 0 Å². The Morgan fingerprint density at radius 2 is 2.05 bits per heavy atom. The van der Waals surface area contributed by atoms with Crippen molar-refractivity contribution in [3.8, 4) is 0 Å². The Kier molecular flexibility index (Phi) is 6.16. The fourth-order valence-corrected chi connectivity index (χ4v) is 3.19. The van der Waals surface area contributed by atoms with Crippen LogP contribution in [-0.2, 0) is 23.3 Å². The molecule has 0 bridgehead atoms. The average Bonchev–Trinajstić information content (AvgIpc) is 2.63. The Labute approximate surface area is 121 Å². The predicted octanol–water partition coefficient (Wildman–Crippen LogP) is 0.626. The minimum absolute atomic E-state index is 0.0728. The fraction of sp³-hybridized carbons (Fsp3) is 0.769. The van der Waals surface area contributed by atoms with Crippen LogP contribution in [-0.4, -0.2) is 35.7 Å². The van der Waals surface area contributed by atoms with Crippen LogP contribution in [0.2, 0.25) is 0 Å². The quantitative estimate of drug-likeness (QED) is 0.543. The molecule has 0 saturated carbocycles. The molecule has 0 aliphatic heterocycles. The molecule has 0 fully saturated rings. The molecule has 0 aliphatic carbocycles. The number of rotatable bonds is 8. The van der Waals surface area contributed by atoms with E-state index in [9.17, 15) is 8.42 Å². The second-order valence-electron chi connectivity index (χ2n) is 5.22. The Morgan fingerprint density at radius 3 is 2.50 bits per heavy atom. The maximum atomic E-state index is 11.5. The largest absolute Gasteiger partial charge is 0.272 e. The maximum absolute atomic E-state index is 11.5. The summed E-state index contributed by atoms with van der Waals surface area (Å²) in [6, 6.07) is 0.0728. The van der Waals surface area contributed by atoms with Crippen LogP contribution < -0.4 is 11.3 Å². The fourth-order valence-electron chi connectivity index (χ4n) is 2.30. The molecule has 1 heterocycles. The van der Waals surface area contributed by atoms with Crippen LogP contribution in [0.5, 0.6) is 0 Å². The van der Waals surface area contributed by atoms with Gasteiger partial charge in [0.2, 0.25) is 0 Å². The number of hydrogen-bond donors (Lipinski definition) is 2. The minimum Gasteiger partial charge on any atom is -0.272 e. The van der Waals surface area contributed by atoms with Gasteiger partial charge in [0.05, 0.1) is 11.4 Å². The molecule has 7 heteroatoms. The van der Waals surface area contributed by atoms with E-state index in [-0.39, 0.29) is 17.5 Å². The number of aryl methyl sites for hydroxylation is 2. The number of nitrogens with one attached hydrogen (secondary N) is 1. The third kappa shape index (κ3) is 4.57. The number of aromatic nitrogens is 2. The second-order valence-corrected chi connectivity index (χ2v) is 7.69. The van der Waals surface area contributed by atoms with Crippen molar-refractivity contribution in [3.05, 3.63) is 17.0 Å². The number of nitrogens with zero attached hydrogens (tertiary/aromatic N) is 2. The summed E-state index contributed by atoms with van der Waals surface area (Å²) in [6.07, 6.45) is 2.14. The Balaban J connectivity index is 2.60. The number of hydrogen-bond acceptors (Lipinski definition) is 5. The van der Waals surface area contributed by atoms with Crippen molar-refractivity contribution in [3.63, 3.8) is 0 Å². The topological polar surface area (TPSA) is 90.0 Å². The van der Waals surface area contributed by atoms with Crippen LogP contribution in [0.4, 0.5) is 0 Å². The lowest BCUT2D eigenvalue weighted by Crippen LogP contribution is -2.37. The number of sulfone groups is 1. The first-order chi connectivity index (χ1) is 9.30. The highest BCUT2D eigenvalue weighted by atomic mass is 32.2. The Hall–Kier alpha value is -0.920. The van der Waals surface area contributed by atoms with E-state index in [2.05, 4.69) is 10.5 Å². The molecule has 6 nitrogen and oxygen atoms in total. The van der Waals surface area contributed by atoms with Gasteiger partial charge in [-0.1, -0.05) is 6.92 Å². The van der Waals surface area contributed by atoms with E-state index in [1.54, 1.807) is 6.92 Å². The normalized spacial score (nSPS) is 13.7. The lowest BCUT2D eigenvalue weighted by molar-refractivity contribution is 0.483. The highest BCUT2D eigenvalue weighted by molar-refractivity contribution is 7.91. The Bertz CT molecular complexity index is 537. The molecule has 0 aromatic carbocycles. The van der Waals surface area contributed by atoms with E-state index < -0.39 is 9.84 Å². The van der Waals surface area contributed by atoms with E-state index in [1.807, 2.05) is 25.6 Å². The molecule has 116 valence electrons. The van der Waals surface area contributed by atoms with E-state index in [4.69, 9.17) is 5.84 Å². The molecule has 0 amide bonds. The molecule has 0 aliphatic rings. The molecular formula is C13H26N4O2S. The third-order valence-corrected chi connectivity index (χ3v) is 5.58. The first kappa shape index (κ1) is 17.1. The van der Waals surface area contributed by atoms with Gasteiger partial charge in [-0.25, -0.2) is 8.42 Å². The van der Waals surface area contributed by atoms with Crippen LogP contribution >= 0.6 is 0 Å². The summed E-state index contributed by atoms with van der Waals surface area (Å²) in [6.45, 7) is 5.69. The van der Waals surface area contributed by atoms with Gasteiger partial charge in [-0.2, -0.15) is 5.10 Å². The van der Waals surface area contributed by atoms with E-state index in [0.29, 0.717) is 6.42 Å². The molecular weight excluding hydrogens is 276 g/mol. The molecule has 1 aromatic rings. The van der Waals surface area contributed by atoms with Crippen molar-refractivity contribution < 1.29 is 8.42 Å². The average molecular weight is 302 g/mol.